The highest BCUT2D eigenvalue weighted by molar-refractivity contribution is 14.0. The van der Waals surface area contributed by atoms with Gasteiger partial charge in [-0.25, -0.2) is 4.99 Å². The Kier molecular flexibility index (Phi) is 9.55. The quantitative estimate of drug-likeness (QED) is 0.213. The molecule has 0 aliphatic carbocycles. The van der Waals surface area contributed by atoms with Crippen molar-refractivity contribution in [2.75, 3.05) is 20.7 Å². The minimum Gasteiger partial charge on any atom is -0.497 e. The van der Waals surface area contributed by atoms with Crippen LogP contribution in [0.5, 0.6) is 5.75 Å². The van der Waals surface area contributed by atoms with Crippen molar-refractivity contribution in [3.05, 3.63) is 69.8 Å². The van der Waals surface area contributed by atoms with Crippen LogP contribution in [0.4, 0.5) is 5.69 Å². The van der Waals surface area contributed by atoms with E-state index in [4.69, 9.17) is 4.74 Å². The van der Waals surface area contributed by atoms with Crippen LogP contribution < -0.4 is 10.1 Å². The molecule has 0 heterocycles. The van der Waals surface area contributed by atoms with Gasteiger partial charge in [-0.2, -0.15) is 0 Å². The zero-order valence-corrected chi connectivity index (χ0v) is 18.0. The Hall–Kier alpha value is -2.36. The van der Waals surface area contributed by atoms with E-state index in [0.29, 0.717) is 13.1 Å². The summed E-state index contributed by atoms with van der Waals surface area (Å²) in [7, 11) is 3.60. The van der Waals surface area contributed by atoms with Crippen molar-refractivity contribution in [1.29, 1.82) is 0 Å². The van der Waals surface area contributed by atoms with Crippen LogP contribution in [0.15, 0.2) is 53.5 Å². The third kappa shape index (κ3) is 7.05. The molecule has 0 atom stereocenters. The molecule has 7 nitrogen and oxygen atoms in total. The molecular weight excluding hydrogens is 459 g/mol. The van der Waals surface area contributed by atoms with Gasteiger partial charge in [0.2, 0.25) is 0 Å². The number of hydrogen-bond acceptors (Lipinski definition) is 4. The van der Waals surface area contributed by atoms with E-state index in [0.717, 1.165) is 29.4 Å². The molecule has 2 rings (SSSR count). The number of guanidine groups is 1. The molecule has 0 unspecified atom stereocenters. The molecule has 0 fully saturated rings. The van der Waals surface area contributed by atoms with Gasteiger partial charge < -0.3 is 15.0 Å². The van der Waals surface area contributed by atoms with Gasteiger partial charge in [0.1, 0.15) is 5.75 Å². The standard InChI is InChI=1S/C19H24N4O3.HI/c1-4-20-19(21-13-16-6-5-7-17(12-16)23(24)25)22(2)14-15-8-10-18(26-3)11-9-15;/h5-12H,4,13-14H2,1-3H3,(H,20,21);1H. The first kappa shape index (κ1) is 22.7. The zero-order chi connectivity index (χ0) is 18.9. The Morgan fingerprint density at radius 1 is 1.22 bits per heavy atom. The van der Waals surface area contributed by atoms with Gasteiger partial charge in [-0.3, -0.25) is 10.1 Å². The number of halogens is 1. The lowest BCUT2D eigenvalue weighted by Gasteiger charge is -2.22. The SMILES string of the molecule is CCNC(=NCc1cccc([N+](=O)[O-])c1)N(C)Cc1ccc(OC)cc1.I. The summed E-state index contributed by atoms with van der Waals surface area (Å²) in [5.41, 5.74) is 2.01. The van der Waals surface area contributed by atoms with Crippen molar-refractivity contribution in [2.45, 2.75) is 20.0 Å². The normalized spacial score (nSPS) is 10.7. The molecule has 0 aliphatic heterocycles. The molecule has 2 aromatic rings. The van der Waals surface area contributed by atoms with Crippen LogP contribution in [0.3, 0.4) is 0 Å². The molecule has 0 spiro atoms. The summed E-state index contributed by atoms with van der Waals surface area (Å²) in [5.74, 6) is 1.57. The molecule has 0 saturated carbocycles. The minimum atomic E-state index is -0.395. The average molecular weight is 484 g/mol. The molecule has 0 aliphatic rings. The first-order chi connectivity index (χ1) is 12.5. The number of rotatable bonds is 7. The number of nitro benzene ring substituents is 1. The molecule has 0 amide bonds. The Labute approximate surface area is 176 Å². The molecule has 1 N–H and O–H groups in total. The number of aliphatic imine (C=N–C) groups is 1. The van der Waals surface area contributed by atoms with Gasteiger partial charge in [0.25, 0.3) is 5.69 Å². The zero-order valence-electron chi connectivity index (χ0n) is 15.7. The van der Waals surface area contributed by atoms with Gasteiger partial charge >= 0.3 is 0 Å². The van der Waals surface area contributed by atoms with E-state index in [-0.39, 0.29) is 29.7 Å². The fourth-order valence-corrected chi connectivity index (χ4v) is 2.48. The van der Waals surface area contributed by atoms with Crippen molar-refractivity contribution in [3.63, 3.8) is 0 Å². The fourth-order valence-electron chi connectivity index (χ4n) is 2.48. The fraction of sp³-hybridized carbons (Fsp3) is 0.316. The molecule has 146 valence electrons. The number of nitrogens with zero attached hydrogens (tertiary/aromatic N) is 3. The van der Waals surface area contributed by atoms with Crippen molar-refractivity contribution in [1.82, 2.24) is 10.2 Å². The van der Waals surface area contributed by atoms with Gasteiger partial charge in [-0.1, -0.05) is 24.3 Å². The van der Waals surface area contributed by atoms with E-state index in [9.17, 15) is 10.1 Å². The number of methoxy groups -OCH3 is 1. The highest BCUT2D eigenvalue weighted by Gasteiger charge is 2.08. The second-order valence-electron chi connectivity index (χ2n) is 5.80. The van der Waals surface area contributed by atoms with Crippen LogP contribution in [-0.4, -0.2) is 36.5 Å². The maximum atomic E-state index is 10.9. The summed E-state index contributed by atoms with van der Waals surface area (Å²) in [4.78, 5) is 17.1. The number of hydrogen-bond donors (Lipinski definition) is 1. The summed E-state index contributed by atoms with van der Waals surface area (Å²) < 4.78 is 5.18. The van der Waals surface area contributed by atoms with Crippen molar-refractivity contribution in [2.24, 2.45) is 4.99 Å². The van der Waals surface area contributed by atoms with E-state index < -0.39 is 4.92 Å². The number of non-ortho nitro benzene ring substituents is 1. The topological polar surface area (TPSA) is 80.0 Å². The molecule has 2 aromatic carbocycles. The van der Waals surface area contributed by atoms with Gasteiger partial charge in [-0.15, -0.1) is 24.0 Å². The summed E-state index contributed by atoms with van der Waals surface area (Å²) in [5, 5.41) is 14.1. The summed E-state index contributed by atoms with van der Waals surface area (Å²) >= 11 is 0. The largest absolute Gasteiger partial charge is 0.497 e. The predicted octanol–water partition coefficient (Wildman–Crippen LogP) is 3.82. The Morgan fingerprint density at radius 2 is 1.93 bits per heavy atom. The number of benzene rings is 2. The van der Waals surface area contributed by atoms with Crippen molar-refractivity contribution >= 4 is 35.6 Å². The Balaban J connectivity index is 0.00000364. The molecule has 27 heavy (non-hydrogen) atoms. The molecular formula is C19H25IN4O3. The van der Waals surface area contributed by atoms with Crippen LogP contribution >= 0.6 is 24.0 Å². The highest BCUT2D eigenvalue weighted by Crippen LogP contribution is 2.15. The Bertz CT molecular complexity index is 766. The van der Waals surface area contributed by atoms with E-state index in [1.54, 1.807) is 19.2 Å². The van der Waals surface area contributed by atoms with E-state index in [1.807, 2.05) is 49.2 Å². The predicted molar refractivity (Wildman–Crippen MR) is 118 cm³/mol. The van der Waals surface area contributed by atoms with Gasteiger partial charge in [-0.05, 0) is 30.2 Å². The Morgan fingerprint density at radius 3 is 2.52 bits per heavy atom. The third-order valence-electron chi connectivity index (χ3n) is 3.81. The maximum Gasteiger partial charge on any atom is 0.269 e. The highest BCUT2D eigenvalue weighted by atomic mass is 127. The number of nitro groups is 1. The second-order valence-corrected chi connectivity index (χ2v) is 5.80. The maximum absolute atomic E-state index is 10.9. The van der Waals surface area contributed by atoms with Gasteiger partial charge in [0.15, 0.2) is 5.96 Å². The molecule has 8 heteroatoms. The lowest BCUT2D eigenvalue weighted by molar-refractivity contribution is -0.384. The van der Waals surface area contributed by atoms with Crippen LogP contribution in [0.25, 0.3) is 0 Å². The van der Waals surface area contributed by atoms with Gasteiger partial charge in [0, 0.05) is 32.3 Å². The van der Waals surface area contributed by atoms with Crippen LogP contribution in [-0.2, 0) is 13.1 Å². The second kappa shape index (κ2) is 11.4. The molecule has 0 aromatic heterocycles. The first-order valence-corrected chi connectivity index (χ1v) is 8.39. The summed E-state index contributed by atoms with van der Waals surface area (Å²) in [6, 6.07) is 14.4. The van der Waals surface area contributed by atoms with Crippen LogP contribution in [0.2, 0.25) is 0 Å². The van der Waals surface area contributed by atoms with Crippen LogP contribution in [0.1, 0.15) is 18.1 Å². The minimum absolute atomic E-state index is 0. The van der Waals surface area contributed by atoms with E-state index in [1.165, 1.54) is 6.07 Å². The average Bonchev–Trinajstić information content (AvgIpc) is 2.65. The molecule has 0 saturated heterocycles. The monoisotopic (exact) mass is 484 g/mol. The van der Waals surface area contributed by atoms with Crippen molar-refractivity contribution < 1.29 is 9.66 Å². The van der Waals surface area contributed by atoms with E-state index >= 15 is 0 Å². The van der Waals surface area contributed by atoms with Crippen molar-refractivity contribution in [3.8, 4) is 5.75 Å². The summed E-state index contributed by atoms with van der Waals surface area (Å²) in [6.07, 6.45) is 0. The van der Waals surface area contributed by atoms with Crippen LogP contribution in [0, 0.1) is 10.1 Å². The third-order valence-corrected chi connectivity index (χ3v) is 3.81. The molecule has 0 radical (unpaired) electrons. The number of ether oxygens (including phenoxy) is 1. The number of nitrogens with one attached hydrogen (secondary N) is 1. The lowest BCUT2D eigenvalue weighted by atomic mass is 10.2. The first-order valence-electron chi connectivity index (χ1n) is 8.39. The van der Waals surface area contributed by atoms with Gasteiger partial charge in [0.05, 0.1) is 18.6 Å². The van der Waals surface area contributed by atoms with E-state index in [2.05, 4.69) is 10.3 Å². The summed E-state index contributed by atoms with van der Waals surface area (Å²) in [6.45, 7) is 3.80. The smallest absolute Gasteiger partial charge is 0.269 e. The molecule has 0 bridgehead atoms. The lowest BCUT2D eigenvalue weighted by Crippen LogP contribution is -2.38.